The van der Waals surface area contributed by atoms with Gasteiger partial charge >= 0.3 is 0 Å². The predicted molar refractivity (Wildman–Crippen MR) is 79.5 cm³/mol. The number of piperidine rings is 1. The van der Waals surface area contributed by atoms with Gasteiger partial charge < -0.3 is 15.0 Å². The number of rotatable bonds is 3. The average molecular weight is 289 g/mol. The topological polar surface area (TPSA) is 54.5 Å². The molecule has 3 atom stereocenters. The third kappa shape index (κ3) is 3.24. The van der Waals surface area contributed by atoms with Crippen LogP contribution in [0.2, 0.25) is 0 Å². The van der Waals surface area contributed by atoms with Gasteiger partial charge in [0.05, 0.1) is 18.3 Å². The number of carbonyl (C=O) groups excluding carboxylic acids is 1. The number of hydrogen-bond acceptors (Lipinski definition) is 4. The minimum Gasteiger partial charge on any atom is -0.378 e. The Morgan fingerprint density at radius 1 is 1.48 bits per heavy atom. The molecule has 0 aromatic carbocycles. The maximum Gasteiger partial charge on any atom is 0.226 e. The Morgan fingerprint density at radius 2 is 2.38 bits per heavy atom. The molecule has 0 aliphatic carbocycles. The smallest absolute Gasteiger partial charge is 0.226 e. The van der Waals surface area contributed by atoms with E-state index in [9.17, 15) is 4.79 Å². The molecule has 2 aliphatic rings. The molecule has 0 spiro atoms. The van der Waals surface area contributed by atoms with Gasteiger partial charge in [-0.25, -0.2) is 0 Å². The summed E-state index contributed by atoms with van der Waals surface area (Å²) in [6.07, 6.45) is 3.85. The van der Waals surface area contributed by atoms with Crippen molar-refractivity contribution in [3.63, 3.8) is 0 Å². The van der Waals surface area contributed by atoms with Crippen molar-refractivity contribution in [2.45, 2.75) is 25.5 Å². The van der Waals surface area contributed by atoms with Crippen molar-refractivity contribution in [1.29, 1.82) is 0 Å². The second-order valence-corrected chi connectivity index (χ2v) is 5.98. The number of nitrogens with zero attached hydrogens (tertiary/aromatic N) is 2. The number of hydrogen-bond donors (Lipinski definition) is 1. The van der Waals surface area contributed by atoms with Crippen molar-refractivity contribution < 1.29 is 9.53 Å². The molecule has 2 saturated heterocycles. The fraction of sp³-hybridized carbons (Fsp3) is 0.625. The molecule has 0 unspecified atom stereocenters. The fourth-order valence-electron chi connectivity index (χ4n) is 3.43. The molecule has 0 bridgehead atoms. The summed E-state index contributed by atoms with van der Waals surface area (Å²) in [5, 5.41) is 3.39. The average Bonchev–Trinajstić information content (AvgIpc) is 2.54. The lowest BCUT2D eigenvalue weighted by atomic mass is 9.79. The molecule has 1 aromatic rings. The molecule has 114 valence electrons. The van der Waals surface area contributed by atoms with Gasteiger partial charge in [-0.05, 0) is 31.5 Å². The molecule has 1 N–H and O–H groups in total. The molecule has 3 heterocycles. The van der Waals surface area contributed by atoms with Gasteiger partial charge in [-0.3, -0.25) is 9.78 Å². The first-order valence-corrected chi connectivity index (χ1v) is 7.73. The lowest BCUT2D eigenvalue weighted by Gasteiger charge is -2.41. The molecule has 2 fully saturated rings. The van der Waals surface area contributed by atoms with Crippen LogP contribution in [0, 0.1) is 11.8 Å². The van der Waals surface area contributed by atoms with Crippen LogP contribution in [0.1, 0.15) is 18.5 Å². The van der Waals surface area contributed by atoms with Crippen LogP contribution < -0.4 is 5.32 Å². The van der Waals surface area contributed by atoms with E-state index in [-0.39, 0.29) is 17.9 Å². The Morgan fingerprint density at radius 3 is 3.19 bits per heavy atom. The third-order valence-corrected chi connectivity index (χ3v) is 4.56. The van der Waals surface area contributed by atoms with E-state index in [0.717, 1.165) is 31.6 Å². The number of carbonyl (C=O) groups is 1. The SMILES string of the molecule is CN(Cc1ccccn1)C(=O)[C@H]1CCO[C@H]2CCNC[C@@H]21. The van der Waals surface area contributed by atoms with Crippen molar-refractivity contribution in [1.82, 2.24) is 15.2 Å². The van der Waals surface area contributed by atoms with Crippen molar-refractivity contribution in [3.8, 4) is 0 Å². The molecule has 5 nitrogen and oxygen atoms in total. The van der Waals surface area contributed by atoms with Crippen molar-refractivity contribution in [2.24, 2.45) is 11.8 Å². The highest BCUT2D eigenvalue weighted by atomic mass is 16.5. The summed E-state index contributed by atoms with van der Waals surface area (Å²) in [5.74, 6) is 0.610. The van der Waals surface area contributed by atoms with Crippen LogP contribution in [0.15, 0.2) is 24.4 Å². The fourth-order valence-corrected chi connectivity index (χ4v) is 3.43. The second kappa shape index (κ2) is 6.54. The molecular formula is C16H23N3O2. The van der Waals surface area contributed by atoms with Crippen LogP contribution in [-0.4, -0.2) is 48.6 Å². The van der Waals surface area contributed by atoms with Crippen LogP contribution in [0.3, 0.4) is 0 Å². The Hall–Kier alpha value is -1.46. The number of amides is 1. The largest absolute Gasteiger partial charge is 0.378 e. The normalized spacial score (nSPS) is 28.7. The summed E-state index contributed by atoms with van der Waals surface area (Å²) in [6.45, 7) is 3.15. The summed E-state index contributed by atoms with van der Waals surface area (Å²) < 4.78 is 5.84. The van der Waals surface area contributed by atoms with E-state index in [1.54, 1.807) is 6.20 Å². The third-order valence-electron chi connectivity index (χ3n) is 4.56. The lowest BCUT2D eigenvalue weighted by molar-refractivity contribution is -0.147. The van der Waals surface area contributed by atoms with E-state index in [2.05, 4.69) is 10.3 Å². The van der Waals surface area contributed by atoms with Gasteiger partial charge in [0.25, 0.3) is 0 Å². The molecule has 1 amide bonds. The van der Waals surface area contributed by atoms with Crippen molar-refractivity contribution >= 4 is 5.91 Å². The number of pyridine rings is 1. The quantitative estimate of drug-likeness (QED) is 0.904. The van der Waals surface area contributed by atoms with Crippen LogP contribution in [0.4, 0.5) is 0 Å². The second-order valence-electron chi connectivity index (χ2n) is 5.98. The van der Waals surface area contributed by atoms with Crippen LogP contribution in [-0.2, 0) is 16.1 Å². The lowest BCUT2D eigenvalue weighted by Crippen LogP contribution is -2.52. The summed E-state index contributed by atoms with van der Waals surface area (Å²) in [5.41, 5.74) is 0.929. The van der Waals surface area contributed by atoms with Gasteiger partial charge in [-0.2, -0.15) is 0 Å². The summed E-state index contributed by atoms with van der Waals surface area (Å²) in [4.78, 5) is 18.9. The first-order chi connectivity index (χ1) is 10.3. The van der Waals surface area contributed by atoms with E-state index in [0.29, 0.717) is 19.1 Å². The summed E-state index contributed by atoms with van der Waals surface area (Å²) >= 11 is 0. The molecule has 0 saturated carbocycles. The maximum absolute atomic E-state index is 12.8. The highest BCUT2D eigenvalue weighted by Gasteiger charge is 2.40. The summed E-state index contributed by atoms with van der Waals surface area (Å²) in [6, 6.07) is 5.80. The first kappa shape index (κ1) is 14.5. The van der Waals surface area contributed by atoms with Crippen LogP contribution >= 0.6 is 0 Å². The predicted octanol–water partition coefficient (Wildman–Crippen LogP) is 1.05. The summed E-state index contributed by atoms with van der Waals surface area (Å²) in [7, 11) is 1.87. The highest BCUT2D eigenvalue weighted by Crippen LogP contribution is 2.31. The zero-order valence-corrected chi connectivity index (χ0v) is 12.5. The maximum atomic E-state index is 12.8. The van der Waals surface area contributed by atoms with E-state index in [4.69, 9.17) is 4.74 Å². The molecule has 1 aromatic heterocycles. The van der Waals surface area contributed by atoms with Crippen molar-refractivity contribution in [3.05, 3.63) is 30.1 Å². The zero-order valence-electron chi connectivity index (χ0n) is 12.5. The number of aromatic nitrogens is 1. The van der Waals surface area contributed by atoms with E-state index in [1.807, 2.05) is 30.1 Å². The molecule has 5 heteroatoms. The molecule has 2 aliphatic heterocycles. The first-order valence-electron chi connectivity index (χ1n) is 7.73. The number of ether oxygens (including phenoxy) is 1. The van der Waals surface area contributed by atoms with E-state index >= 15 is 0 Å². The van der Waals surface area contributed by atoms with Crippen LogP contribution in [0.25, 0.3) is 0 Å². The minimum atomic E-state index is 0.0743. The van der Waals surface area contributed by atoms with Gasteiger partial charge in [0.1, 0.15) is 0 Å². The standard InChI is InChI=1S/C16H23N3O2/c1-19(11-12-4-2-3-7-18-12)16(20)13-6-9-21-15-5-8-17-10-14(13)15/h2-4,7,13-15,17H,5-6,8-11H2,1H3/t13-,14+,15-/m0/s1. The highest BCUT2D eigenvalue weighted by molar-refractivity contribution is 5.79. The Kier molecular flexibility index (Phi) is 4.51. The molecular weight excluding hydrogens is 266 g/mol. The number of nitrogens with one attached hydrogen (secondary N) is 1. The van der Waals surface area contributed by atoms with Crippen LogP contribution in [0.5, 0.6) is 0 Å². The minimum absolute atomic E-state index is 0.0743. The van der Waals surface area contributed by atoms with E-state index in [1.165, 1.54) is 0 Å². The number of fused-ring (bicyclic) bond motifs is 1. The molecule has 21 heavy (non-hydrogen) atoms. The molecule has 3 rings (SSSR count). The van der Waals surface area contributed by atoms with Gasteiger partial charge in [-0.1, -0.05) is 6.07 Å². The Bertz CT molecular complexity index is 478. The van der Waals surface area contributed by atoms with Gasteiger partial charge in [0.2, 0.25) is 5.91 Å². The van der Waals surface area contributed by atoms with Gasteiger partial charge in [0, 0.05) is 38.2 Å². The Labute approximate surface area is 125 Å². The zero-order chi connectivity index (χ0) is 14.7. The Balaban J connectivity index is 1.65. The molecule has 0 radical (unpaired) electrons. The van der Waals surface area contributed by atoms with Gasteiger partial charge in [0.15, 0.2) is 0 Å². The van der Waals surface area contributed by atoms with E-state index < -0.39 is 0 Å². The van der Waals surface area contributed by atoms with Gasteiger partial charge in [-0.15, -0.1) is 0 Å². The van der Waals surface area contributed by atoms with Crippen molar-refractivity contribution in [2.75, 3.05) is 26.7 Å². The monoisotopic (exact) mass is 289 g/mol.